The molecule has 0 radical (unpaired) electrons. The van der Waals surface area contributed by atoms with Gasteiger partial charge in [0.15, 0.2) is 11.4 Å². The van der Waals surface area contributed by atoms with Crippen molar-refractivity contribution in [2.75, 3.05) is 0 Å². The van der Waals surface area contributed by atoms with Crippen LogP contribution in [0.1, 0.15) is 11.4 Å². The largest absolute Gasteiger partial charge is 0.232 e. The molecule has 6 heteroatoms. The molecule has 1 heterocycles. The molecule has 0 spiro atoms. The minimum atomic E-state index is -0.413. The van der Waals surface area contributed by atoms with Crippen molar-refractivity contribution in [2.45, 2.75) is 0 Å². The summed E-state index contributed by atoms with van der Waals surface area (Å²) < 4.78 is 26.3. The highest BCUT2D eigenvalue weighted by Crippen LogP contribution is 2.30. The van der Waals surface area contributed by atoms with Crippen LogP contribution in [-0.4, -0.2) is 9.97 Å². The topological polar surface area (TPSA) is 73.4 Å². The van der Waals surface area contributed by atoms with E-state index in [9.17, 15) is 8.78 Å². The van der Waals surface area contributed by atoms with Crippen LogP contribution in [0.15, 0.2) is 48.5 Å². The molecule has 0 atom stereocenters. The molecule has 24 heavy (non-hydrogen) atoms. The minimum Gasteiger partial charge on any atom is -0.232 e. The maximum absolute atomic E-state index is 13.2. The van der Waals surface area contributed by atoms with Gasteiger partial charge in [-0.15, -0.1) is 0 Å². The van der Waals surface area contributed by atoms with Crippen molar-refractivity contribution in [1.29, 1.82) is 10.5 Å². The highest BCUT2D eigenvalue weighted by molar-refractivity contribution is 5.78. The Morgan fingerprint density at radius 1 is 0.625 bits per heavy atom. The van der Waals surface area contributed by atoms with Crippen molar-refractivity contribution in [3.05, 3.63) is 71.6 Å². The fourth-order valence-corrected chi connectivity index (χ4v) is 2.21. The summed E-state index contributed by atoms with van der Waals surface area (Å²) in [7, 11) is 0. The van der Waals surface area contributed by atoms with Crippen LogP contribution in [-0.2, 0) is 0 Å². The number of nitriles is 2. The Kier molecular flexibility index (Phi) is 3.96. The van der Waals surface area contributed by atoms with E-state index in [2.05, 4.69) is 9.97 Å². The van der Waals surface area contributed by atoms with Crippen LogP contribution < -0.4 is 0 Å². The lowest BCUT2D eigenvalue weighted by Gasteiger charge is -2.10. The lowest BCUT2D eigenvalue weighted by molar-refractivity contribution is 0.627. The van der Waals surface area contributed by atoms with Crippen molar-refractivity contribution in [1.82, 2.24) is 9.97 Å². The van der Waals surface area contributed by atoms with E-state index < -0.39 is 11.6 Å². The number of hydrogen-bond acceptors (Lipinski definition) is 4. The van der Waals surface area contributed by atoms with Crippen molar-refractivity contribution < 1.29 is 8.78 Å². The molecule has 0 aliphatic heterocycles. The number of rotatable bonds is 2. The normalized spacial score (nSPS) is 10.0. The average Bonchev–Trinajstić information content (AvgIpc) is 2.62. The van der Waals surface area contributed by atoms with E-state index in [1.807, 2.05) is 12.1 Å². The Bertz CT molecular complexity index is 899. The van der Waals surface area contributed by atoms with Crippen LogP contribution in [0.3, 0.4) is 0 Å². The lowest BCUT2D eigenvalue weighted by Crippen LogP contribution is -2.01. The van der Waals surface area contributed by atoms with Gasteiger partial charge in [0.25, 0.3) is 0 Å². The molecule has 0 fully saturated rings. The van der Waals surface area contributed by atoms with Crippen LogP contribution >= 0.6 is 0 Å². The van der Waals surface area contributed by atoms with E-state index in [4.69, 9.17) is 10.5 Å². The highest BCUT2D eigenvalue weighted by atomic mass is 19.1. The van der Waals surface area contributed by atoms with Crippen LogP contribution in [0.2, 0.25) is 0 Å². The zero-order chi connectivity index (χ0) is 17.1. The first-order valence-corrected chi connectivity index (χ1v) is 6.86. The monoisotopic (exact) mass is 318 g/mol. The molecule has 114 valence electrons. The molecule has 0 saturated heterocycles. The third kappa shape index (κ3) is 2.81. The molecule has 0 N–H and O–H groups in total. The van der Waals surface area contributed by atoms with E-state index in [1.165, 1.54) is 48.5 Å². The molecule has 0 aliphatic carbocycles. The summed E-state index contributed by atoms with van der Waals surface area (Å²) >= 11 is 0. The number of aromatic nitrogens is 2. The van der Waals surface area contributed by atoms with E-state index in [0.717, 1.165) is 0 Å². The SMILES string of the molecule is N#Cc1nc(-c2ccc(F)cc2)c(-c2ccc(F)cc2)nc1C#N. The fraction of sp³-hybridized carbons (Fsp3) is 0. The predicted octanol–water partition coefficient (Wildman–Crippen LogP) is 3.83. The van der Waals surface area contributed by atoms with E-state index in [1.54, 1.807) is 0 Å². The Morgan fingerprint density at radius 2 is 0.958 bits per heavy atom. The van der Waals surface area contributed by atoms with E-state index in [-0.39, 0.29) is 11.4 Å². The molecule has 3 aromatic rings. The number of halogens is 2. The highest BCUT2D eigenvalue weighted by Gasteiger charge is 2.16. The van der Waals surface area contributed by atoms with Gasteiger partial charge >= 0.3 is 0 Å². The first-order chi connectivity index (χ1) is 11.6. The summed E-state index contributed by atoms with van der Waals surface area (Å²) in [4.78, 5) is 8.40. The van der Waals surface area contributed by atoms with Crippen LogP contribution in [0.25, 0.3) is 22.5 Å². The van der Waals surface area contributed by atoms with Crippen molar-refractivity contribution >= 4 is 0 Å². The van der Waals surface area contributed by atoms with Gasteiger partial charge in [-0.25, -0.2) is 18.7 Å². The number of hydrogen-bond donors (Lipinski definition) is 0. The zero-order valence-electron chi connectivity index (χ0n) is 12.2. The third-order valence-electron chi connectivity index (χ3n) is 3.34. The third-order valence-corrected chi connectivity index (χ3v) is 3.34. The van der Waals surface area contributed by atoms with Gasteiger partial charge in [-0.2, -0.15) is 10.5 Å². The standard InChI is InChI=1S/C18H8F2N4/c19-13-5-1-11(2-6-13)17-18(12-3-7-14(20)8-4-12)24-16(10-22)15(9-21)23-17/h1-8H. The van der Waals surface area contributed by atoms with Gasteiger partial charge < -0.3 is 0 Å². The molecule has 0 saturated carbocycles. The number of benzene rings is 2. The summed E-state index contributed by atoms with van der Waals surface area (Å²) in [6, 6.07) is 14.7. The van der Waals surface area contributed by atoms with Gasteiger partial charge in [0.05, 0.1) is 11.4 Å². The Morgan fingerprint density at radius 3 is 1.25 bits per heavy atom. The van der Waals surface area contributed by atoms with E-state index >= 15 is 0 Å². The summed E-state index contributed by atoms with van der Waals surface area (Å²) in [5, 5.41) is 18.3. The van der Waals surface area contributed by atoms with Crippen molar-refractivity contribution in [3.8, 4) is 34.7 Å². The molecule has 2 aromatic carbocycles. The fourth-order valence-electron chi connectivity index (χ4n) is 2.21. The molecule has 0 bridgehead atoms. The first kappa shape index (κ1) is 15.3. The zero-order valence-corrected chi connectivity index (χ0v) is 12.2. The summed E-state index contributed by atoms with van der Waals surface area (Å²) in [6.45, 7) is 0. The molecule has 4 nitrogen and oxygen atoms in total. The van der Waals surface area contributed by atoms with Gasteiger partial charge in [-0.05, 0) is 48.5 Å². The second-order valence-electron chi connectivity index (χ2n) is 4.86. The van der Waals surface area contributed by atoms with Gasteiger partial charge in [0.1, 0.15) is 23.8 Å². The molecule has 0 aliphatic rings. The summed E-state index contributed by atoms with van der Waals surface area (Å²) in [6.07, 6.45) is 0. The van der Waals surface area contributed by atoms with Crippen molar-refractivity contribution in [2.24, 2.45) is 0 Å². The Hall–Kier alpha value is -3.64. The second-order valence-corrected chi connectivity index (χ2v) is 4.86. The lowest BCUT2D eigenvalue weighted by atomic mass is 10.0. The van der Waals surface area contributed by atoms with Crippen LogP contribution in [0.5, 0.6) is 0 Å². The molecule has 1 aromatic heterocycles. The Balaban J connectivity index is 2.29. The van der Waals surface area contributed by atoms with Gasteiger partial charge in [-0.1, -0.05) is 0 Å². The van der Waals surface area contributed by atoms with Gasteiger partial charge in [-0.3, -0.25) is 0 Å². The minimum absolute atomic E-state index is 0.123. The quantitative estimate of drug-likeness (QED) is 0.719. The number of nitrogens with zero attached hydrogens (tertiary/aromatic N) is 4. The molecule has 0 amide bonds. The Labute approximate surface area is 136 Å². The van der Waals surface area contributed by atoms with E-state index in [0.29, 0.717) is 22.5 Å². The predicted molar refractivity (Wildman–Crippen MR) is 82.3 cm³/mol. The molecule has 0 unspecified atom stereocenters. The second kappa shape index (κ2) is 6.23. The molecule has 3 rings (SSSR count). The smallest absolute Gasteiger partial charge is 0.177 e. The van der Waals surface area contributed by atoms with Gasteiger partial charge in [0.2, 0.25) is 0 Å². The summed E-state index contributed by atoms with van der Waals surface area (Å²) in [5.41, 5.74) is 1.45. The van der Waals surface area contributed by atoms with Crippen LogP contribution in [0, 0.1) is 34.3 Å². The maximum atomic E-state index is 13.2. The first-order valence-electron chi connectivity index (χ1n) is 6.86. The van der Waals surface area contributed by atoms with Crippen LogP contribution in [0.4, 0.5) is 8.78 Å². The average molecular weight is 318 g/mol. The maximum Gasteiger partial charge on any atom is 0.177 e. The molecular formula is C18H8F2N4. The van der Waals surface area contributed by atoms with Gasteiger partial charge in [0, 0.05) is 11.1 Å². The summed E-state index contributed by atoms with van der Waals surface area (Å²) in [5.74, 6) is -0.826. The van der Waals surface area contributed by atoms with Crippen molar-refractivity contribution in [3.63, 3.8) is 0 Å². The molecular weight excluding hydrogens is 310 g/mol.